The standard InChI is InChI=1S/C12H26N2OS/c1-5-7-10(8-13)12(15)14(3)11(6-2)9-16-4/h10-11H,5-9,13H2,1-4H3. The van der Waals surface area contributed by atoms with Crippen molar-refractivity contribution in [3.8, 4) is 0 Å². The lowest BCUT2D eigenvalue weighted by Crippen LogP contribution is -2.43. The summed E-state index contributed by atoms with van der Waals surface area (Å²) in [6, 6.07) is 0.341. The van der Waals surface area contributed by atoms with Gasteiger partial charge in [-0.3, -0.25) is 4.79 Å². The minimum atomic E-state index is 0.00547. The van der Waals surface area contributed by atoms with Crippen molar-refractivity contribution in [1.29, 1.82) is 0 Å². The van der Waals surface area contributed by atoms with E-state index >= 15 is 0 Å². The molecule has 0 radical (unpaired) electrons. The van der Waals surface area contributed by atoms with Gasteiger partial charge < -0.3 is 10.6 Å². The van der Waals surface area contributed by atoms with Gasteiger partial charge in [-0.25, -0.2) is 0 Å². The number of hydrogen-bond acceptors (Lipinski definition) is 3. The maximum atomic E-state index is 12.2. The summed E-state index contributed by atoms with van der Waals surface area (Å²) in [7, 11) is 1.91. The molecule has 0 spiro atoms. The van der Waals surface area contributed by atoms with Crippen molar-refractivity contribution in [1.82, 2.24) is 4.90 Å². The highest BCUT2D eigenvalue weighted by Gasteiger charge is 2.24. The highest BCUT2D eigenvalue weighted by molar-refractivity contribution is 7.98. The van der Waals surface area contributed by atoms with E-state index in [-0.39, 0.29) is 11.8 Å². The average molecular weight is 246 g/mol. The Morgan fingerprint density at radius 3 is 2.44 bits per heavy atom. The molecule has 0 aliphatic rings. The number of amides is 1. The lowest BCUT2D eigenvalue weighted by Gasteiger charge is -2.30. The van der Waals surface area contributed by atoms with Gasteiger partial charge >= 0.3 is 0 Å². The number of thioether (sulfide) groups is 1. The summed E-state index contributed by atoms with van der Waals surface area (Å²) >= 11 is 1.79. The number of carbonyl (C=O) groups excluding carboxylic acids is 1. The molecule has 0 fully saturated rings. The van der Waals surface area contributed by atoms with Crippen LogP contribution in [0.1, 0.15) is 33.1 Å². The predicted molar refractivity (Wildman–Crippen MR) is 72.7 cm³/mol. The summed E-state index contributed by atoms with van der Waals surface area (Å²) in [4.78, 5) is 14.1. The molecule has 96 valence electrons. The molecule has 0 aliphatic carbocycles. The van der Waals surface area contributed by atoms with Gasteiger partial charge in [-0.1, -0.05) is 20.3 Å². The van der Waals surface area contributed by atoms with E-state index in [1.807, 2.05) is 11.9 Å². The number of nitrogens with two attached hydrogens (primary N) is 1. The van der Waals surface area contributed by atoms with Gasteiger partial charge in [0, 0.05) is 25.4 Å². The van der Waals surface area contributed by atoms with Crippen LogP contribution in [-0.4, -0.2) is 42.4 Å². The zero-order valence-corrected chi connectivity index (χ0v) is 11.8. The fourth-order valence-electron chi connectivity index (χ4n) is 1.85. The van der Waals surface area contributed by atoms with Crippen molar-refractivity contribution >= 4 is 17.7 Å². The summed E-state index contributed by atoms with van der Waals surface area (Å²) in [5, 5.41) is 0. The van der Waals surface area contributed by atoms with Crippen LogP contribution in [0.3, 0.4) is 0 Å². The van der Waals surface area contributed by atoms with Crippen LogP contribution in [0.2, 0.25) is 0 Å². The first-order valence-corrected chi connectivity index (χ1v) is 7.47. The molecule has 4 heteroatoms. The second-order valence-corrected chi connectivity index (χ2v) is 5.10. The Bertz CT molecular complexity index is 199. The molecule has 0 aromatic rings. The zero-order chi connectivity index (χ0) is 12.6. The average Bonchev–Trinajstić information content (AvgIpc) is 2.31. The van der Waals surface area contributed by atoms with Gasteiger partial charge in [0.25, 0.3) is 0 Å². The second-order valence-electron chi connectivity index (χ2n) is 4.19. The number of carbonyl (C=O) groups is 1. The smallest absolute Gasteiger partial charge is 0.226 e. The fourth-order valence-corrected chi connectivity index (χ4v) is 2.70. The highest BCUT2D eigenvalue weighted by Crippen LogP contribution is 2.14. The van der Waals surface area contributed by atoms with Gasteiger partial charge in [-0.05, 0) is 19.1 Å². The highest BCUT2D eigenvalue weighted by atomic mass is 32.2. The van der Waals surface area contributed by atoms with E-state index in [1.54, 1.807) is 11.8 Å². The molecule has 2 unspecified atom stereocenters. The van der Waals surface area contributed by atoms with E-state index in [0.29, 0.717) is 12.6 Å². The number of rotatable bonds is 8. The van der Waals surface area contributed by atoms with E-state index in [4.69, 9.17) is 5.73 Å². The molecule has 0 saturated heterocycles. The summed E-state index contributed by atoms with van der Waals surface area (Å²) in [5.74, 6) is 1.22. The molecule has 0 bridgehead atoms. The molecule has 0 heterocycles. The molecular weight excluding hydrogens is 220 g/mol. The molecule has 1 amide bonds. The Morgan fingerprint density at radius 2 is 2.06 bits per heavy atom. The molecule has 2 N–H and O–H groups in total. The van der Waals surface area contributed by atoms with Crippen LogP contribution >= 0.6 is 11.8 Å². The summed E-state index contributed by atoms with van der Waals surface area (Å²) in [6.45, 7) is 4.68. The number of nitrogens with zero attached hydrogens (tertiary/aromatic N) is 1. The monoisotopic (exact) mass is 246 g/mol. The zero-order valence-electron chi connectivity index (χ0n) is 11.0. The van der Waals surface area contributed by atoms with Crippen LogP contribution in [0.5, 0.6) is 0 Å². The first kappa shape index (κ1) is 15.8. The third-order valence-corrected chi connectivity index (χ3v) is 3.71. The van der Waals surface area contributed by atoms with Crippen LogP contribution in [0.25, 0.3) is 0 Å². The summed E-state index contributed by atoms with van der Waals surface area (Å²) in [5.41, 5.74) is 5.66. The summed E-state index contributed by atoms with van der Waals surface area (Å²) < 4.78 is 0. The van der Waals surface area contributed by atoms with Crippen LogP contribution in [-0.2, 0) is 4.79 Å². The largest absolute Gasteiger partial charge is 0.342 e. The first-order chi connectivity index (χ1) is 7.62. The Labute approximate surface area is 104 Å². The van der Waals surface area contributed by atoms with Gasteiger partial charge in [-0.2, -0.15) is 11.8 Å². The van der Waals surface area contributed by atoms with Crippen LogP contribution in [0.4, 0.5) is 0 Å². The molecule has 0 rings (SSSR count). The lowest BCUT2D eigenvalue weighted by atomic mass is 10.0. The van der Waals surface area contributed by atoms with E-state index in [2.05, 4.69) is 20.1 Å². The molecule has 0 aliphatic heterocycles. The maximum Gasteiger partial charge on any atom is 0.226 e. The van der Waals surface area contributed by atoms with Crippen LogP contribution < -0.4 is 5.73 Å². The van der Waals surface area contributed by atoms with Crippen LogP contribution in [0, 0.1) is 5.92 Å². The van der Waals surface area contributed by atoms with E-state index in [9.17, 15) is 4.79 Å². The van der Waals surface area contributed by atoms with Gasteiger partial charge in [0.2, 0.25) is 5.91 Å². The lowest BCUT2D eigenvalue weighted by molar-refractivity contribution is -0.135. The van der Waals surface area contributed by atoms with Crippen LogP contribution in [0.15, 0.2) is 0 Å². The molecular formula is C12H26N2OS. The van der Waals surface area contributed by atoms with Gasteiger partial charge in [0.15, 0.2) is 0 Å². The topological polar surface area (TPSA) is 46.3 Å². The fraction of sp³-hybridized carbons (Fsp3) is 0.917. The van der Waals surface area contributed by atoms with E-state index < -0.39 is 0 Å². The molecule has 2 atom stereocenters. The van der Waals surface area contributed by atoms with Gasteiger partial charge in [-0.15, -0.1) is 0 Å². The van der Waals surface area contributed by atoms with E-state index in [1.165, 1.54) is 0 Å². The molecule has 16 heavy (non-hydrogen) atoms. The normalized spacial score (nSPS) is 14.6. The first-order valence-electron chi connectivity index (χ1n) is 6.07. The molecule has 3 nitrogen and oxygen atoms in total. The Kier molecular flexibility index (Phi) is 8.76. The third-order valence-electron chi connectivity index (χ3n) is 3.00. The predicted octanol–water partition coefficient (Wildman–Crippen LogP) is 1.96. The minimum absolute atomic E-state index is 0.00547. The van der Waals surface area contributed by atoms with Crippen molar-refractivity contribution in [2.75, 3.05) is 25.6 Å². The molecule has 0 saturated carbocycles. The Morgan fingerprint density at radius 1 is 1.44 bits per heavy atom. The van der Waals surface area contributed by atoms with Crippen molar-refractivity contribution in [2.45, 2.75) is 39.2 Å². The SMILES string of the molecule is CCCC(CN)C(=O)N(C)C(CC)CSC. The van der Waals surface area contributed by atoms with E-state index in [0.717, 1.165) is 25.0 Å². The molecule has 0 aromatic carbocycles. The Hall–Kier alpha value is -0.220. The van der Waals surface area contributed by atoms with Crippen molar-refractivity contribution < 1.29 is 4.79 Å². The van der Waals surface area contributed by atoms with Crippen molar-refractivity contribution in [3.05, 3.63) is 0 Å². The van der Waals surface area contributed by atoms with Gasteiger partial charge in [0.1, 0.15) is 0 Å². The summed E-state index contributed by atoms with van der Waals surface area (Å²) in [6.07, 6.45) is 5.00. The van der Waals surface area contributed by atoms with Crippen molar-refractivity contribution in [2.24, 2.45) is 11.7 Å². The third kappa shape index (κ3) is 4.74. The minimum Gasteiger partial charge on any atom is -0.342 e. The second kappa shape index (κ2) is 8.88. The maximum absolute atomic E-state index is 12.2. The number of hydrogen-bond donors (Lipinski definition) is 1. The Balaban J connectivity index is 4.42. The van der Waals surface area contributed by atoms with Crippen molar-refractivity contribution in [3.63, 3.8) is 0 Å². The van der Waals surface area contributed by atoms with Gasteiger partial charge in [0.05, 0.1) is 5.92 Å². The quantitative estimate of drug-likeness (QED) is 0.712. The molecule has 0 aromatic heterocycles.